The summed E-state index contributed by atoms with van der Waals surface area (Å²) in [4.78, 5) is 0. The maximum atomic E-state index is 3.74. The van der Waals surface area contributed by atoms with Gasteiger partial charge >= 0.3 is 0 Å². The standard InChI is InChI=1S/C6H14N2.C2H6/c1-6(2,3)8(5)7-4;1-2/h4H2,1-3,5H3;1-2H3. The van der Waals surface area contributed by atoms with Crippen molar-refractivity contribution >= 4 is 6.72 Å². The predicted octanol–water partition coefficient (Wildman–Crippen LogP) is 2.36. The van der Waals surface area contributed by atoms with Crippen molar-refractivity contribution < 1.29 is 0 Å². The van der Waals surface area contributed by atoms with E-state index in [-0.39, 0.29) is 5.54 Å². The Labute approximate surface area is 64.9 Å². The van der Waals surface area contributed by atoms with Crippen molar-refractivity contribution in [2.24, 2.45) is 5.10 Å². The van der Waals surface area contributed by atoms with Gasteiger partial charge in [0.1, 0.15) is 0 Å². The predicted molar refractivity (Wildman–Crippen MR) is 48.4 cm³/mol. The number of hydrogen-bond acceptors (Lipinski definition) is 2. The molecule has 0 saturated carbocycles. The normalized spacial score (nSPS) is 9.40. The molecule has 0 bridgehead atoms. The Bertz CT molecular complexity index is 81.7. The minimum absolute atomic E-state index is 0.113. The van der Waals surface area contributed by atoms with Crippen molar-refractivity contribution in [3.63, 3.8) is 0 Å². The van der Waals surface area contributed by atoms with Crippen LogP contribution < -0.4 is 0 Å². The first-order valence-electron chi connectivity index (χ1n) is 3.69. The van der Waals surface area contributed by atoms with Gasteiger partial charge < -0.3 is 0 Å². The largest absolute Gasteiger partial charge is 0.295 e. The first-order chi connectivity index (χ1) is 4.48. The second-order valence-electron chi connectivity index (χ2n) is 2.84. The van der Waals surface area contributed by atoms with Gasteiger partial charge in [-0.05, 0) is 20.8 Å². The summed E-state index contributed by atoms with van der Waals surface area (Å²) in [5.74, 6) is 0. The molecule has 0 aromatic heterocycles. The van der Waals surface area contributed by atoms with Gasteiger partial charge in [-0.25, -0.2) is 0 Å². The van der Waals surface area contributed by atoms with Crippen molar-refractivity contribution in [2.75, 3.05) is 7.05 Å². The second-order valence-corrected chi connectivity index (χ2v) is 2.84. The van der Waals surface area contributed by atoms with Crippen LogP contribution in [0, 0.1) is 0 Å². The second kappa shape index (κ2) is 5.27. The lowest BCUT2D eigenvalue weighted by Gasteiger charge is -2.28. The quantitative estimate of drug-likeness (QED) is 0.407. The summed E-state index contributed by atoms with van der Waals surface area (Å²) in [7, 11) is 1.91. The van der Waals surface area contributed by atoms with Crippen LogP contribution >= 0.6 is 0 Å². The van der Waals surface area contributed by atoms with Gasteiger partial charge in [-0.1, -0.05) is 13.8 Å². The highest BCUT2D eigenvalue weighted by atomic mass is 15.5. The van der Waals surface area contributed by atoms with E-state index in [0.29, 0.717) is 0 Å². The zero-order valence-corrected chi connectivity index (χ0v) is 8.10. The summed E-state index contributed by atoms with van der Waals surface area (Å²) in [5, 5.41) is 5.57. The molecule has 0 aliphatic carbocycles. The molecule has 0 saturated heterocycles. The van der Waals surface area contributed by atoms with Crippen LogP contribution in [0.4, 0.5) is 0 Å². The number of hydrazone groups is 1. The Hall–Kier alpha value is -0.530. The third-order valence-electron chi connectivity index (χ3n) is 1.18. The van der Waals surface area contributed by atoms with Crippen LogP contribution in [0.2, 0.25) is 0 Å². The van der Waals surface area contributed by atoms with Crippen molar-refractivity contribution in [3.8, 4) is 0 Å². The van der Waals surface area contributed by atoms with E-state index in [0.717, 1.165) is 0 Å². The Morgan fingerprint density at radius 2 is 1.50 bits per heavy atom. The van der Waals surface area contributed by atoms with Gasteiger partial charge in [0.15, 0.2) is 0 Å². The molecule has 0 amide bonds. The zero-order chi connectivity index (χ0) is 8.78. The zero-order valence-electron chi connectivity index (χ0n) is 8.10. The molecule has 0 N–H and O–H groups in total. The van der Waals surface area contributed by atoms with E-state index in [1.54, 1.807) is 0 Å². The van der Waals surface area contributed by atoms with Gasteiger partial charge in [0.25, 0.3) is 0 Å². The van der Waals surface area contributed by atoms with Crippen LogP contribution in [0.25, 0.3) is 0 Å². The van der Waals surface area contributed by atoms with E-state index in [1.165, 1.54) is 0 Å². The first-order valence-corrected chi connectivity index (χ1v) is 3.69. The van der Waals surface area contributed by atoms with Gasteiger partial charge in [0, 0.05) is 19.3 Å². The maximum Gasteiger partial charge on any atom is 0.0491 e. The molecule has 2 nitrogen and oxygen atoms in total. The molecular weight excluding hydrogens is 124 g/mol. The van der Waals surface area contributed by atoms with Gasteiger partial charge in [-0.2, -0.15) is 5.10 Å². The average molecular weight is 144 g/mol. The third-order valence-corrected chi connectivity index (χ3v) is 1.18. The molecule has 0 aromatic carbocycles. The van der Waals surface area contributed by atoms with Crippen LogP contribution in [0.5, 0.6) is 0 Å². The summed E-state index contributed by atoms with van der Waals surface area (Å²) >= 11 is 0. The molecule has 0 radical (unpaired) electrons. The fourth-order valence-electron chi connectivity index (χ4n) is 0.212. The van der Waals surface area contributed by atoms with Crippen LogP contribution in [-0.4, -0.2) is 24.3 Å². The van der Waals surface area contributed by atoms with Crippen molar-refractivity contribution in [1.82, 2.24) is 5.01 Å². The molecule has 62 valence electrons. The van der Waals surface area contributed by atoms with Gasteiger partial charge in [-0.3, -0.25) is 5.01 Å². The smallest absolute Gasteiger partial charge is 0.0491 e. The van der Waals surface area contributed by atoms with Gasteiger partial charge in [0.05, 0.1) is 0 Å². The molecule has 0 aliphatic rings. The molecular formula is C8H20N2. The third kappa shape index (κ3) is 5.60. The summed E-state index contributed by atoms with van der Waals surface area (Å²) in [5.41, 5.74) is 0.113. The summed E-state index contributed by atoms with van der Waals surface area (Å²) in [6.45, 7) is 13.7. The number of rotatable bonds is 1. The molecule has 0 fully saturated rings. The SMILES string of the molecule is C=NN(C)C(C)(C)C.CC. The van der Waals surface area contributed by atoms with Crippen molar-refractivity contribution in [3.05, 3.63) is 0 Å². The molecule has 2 heteroatoms. The van der Waals surface area contributed by atoms with E-state index in [2.05, 4.69) is 32.6 Å². The minimum Gasteiger partial charge on any atom is -0.295 e. The minimum atomic E-state index is 0.113. The van der Waals surface area contributed by atoms with Crippen molar-refractivity contribution in [2.45, 2.75) is 40.2 Å². The van der Waals surface area contributed by atoms with E-state index in [1.807, 2.05) is 25.9 Å². The maximum absolute atomic E-state index is 3.74. The molecule has 0 aliphatic heterocycles. The van der Waals surface area contributed by atoms with Crippen LogP contribution in [-0.2, 0) is 0 Å². The lowest BCUT2D eigenvalue weighted by Crippen LogP contribution is -2.33. The molecule has 0 heterocycles. The molecule has 0 atom stereocenters. The highest BCUT2D eigenvalue weighted by Crippen LogP contribution is 2.08. The van der Waals surface area contributed by atoms with Crippen LogP contribution in [0.15, 0.2) is 5.10 Å². The first kappa shape index (κ1) is 12.2. The molecule has 0 unspecified atom stereocenters. The van der Waals surface area contributed by atoms with Crippen LogP contribution in [0.1, 0.15) is 34.6 Å². The molecule has 0 aromatic rings. The fraction of sp³-hybridized carbons (Fsp3) is 0.875. The summed E-state index contributed by atoms with van der Waals surface area (Å²) < 4.78 is 0. The van der Waals surface area contributed by atoms with Gasteiger partial charge in [0.2, 0.25) is 0 Å². The number of hydrogen-bond donors (Lipinski definition) is 0. The average Bonchev–Trinajstić information content (AvgIpc) is 1.89. The highest BCUT2D eigenvalue weighted by Gasteiger charge is 2.12. The molecule has 10 heavy (non-hydrogen) atoms. The van der Waals surface area contributed by atoms with E-state index in [9.17, 15) is 0 Å². The summed E-state index contributed by atoms with van der Waals surface area (Å²) in [6.07, 6.45) is 0. The van der Waals surface area contributed by atoms with E-state index < -0.39 is 0 Å². The van der Waals surface area contributed by atoms with E-state index in [4.69, 9.17) is 0 Å². The molecule has 0 spiro atoms. The van der Waals surface area contributed by atoms with Crippen LogP contribution in [0.3, 0.4) is 0 Å². The van der Waals surface area contributed by atoms with E-state index >= 15 is 0 Å². The highest BCUT2D eigenvalue weighted by molar-refractivity contribution is 5.22. The van der Waals surface area contributed by atoms with Crippen molar-refractivity contribution in [1.29, 1.82) is 0 Å². The van der Waals surface area contributed by atoms with Gasteiger partial charge in [-0.15, -0.1) is 0 Å². The fourth-order valence-corrected chi connectivity index (χ4v) is 0.212. The molecule has 0 rings (SSSR count). The topological polar surface area (TPSA) is 15.6 Å². The Balaban J connectivity index is 0. The summed E-state index contributed by atoms with van der Waals surface area (Å²) in [6, 6.07) is 0. The Kier molecular flexibility index (Phi) is 6.42. The lowest BCUT2D eigenvalue weighted by molar-refractivity contribution is 0.185. The monoisotopic (exact) mass is 144 g/mol. The Morgan fingerprint density at radius 1 is 1.20 bits per heavy atom. The Morgan fingerprint density at radius 3 is 1.50 bits per heavy atom. The lowest BCUT2D eigenvalue weighted by atomic mass is 10.1. The number of nitrogens with zero attached hydrogens (tertiary/aromatic N) is 2.